The molecule has 0 unspecified atom stereocenters. The fraction of sp³-hybridized carbons (Fsp3) is 0.609. The molecule has 0 bridgehead atoms. The summed E-state index contributed by atoms with van der Waals surface area (Å²) in [6.07, 6.45) is 6.63. The van der Waals surface area contributed by atoms with Crippen LogP contribution in [0.2, 0.25) is 0 Å². The van der Waals surface area contributed by atoms with E-state index in [-0.39, 0.29) is 24.3 Å². The van der Waals surface area contributed by atoms with Crippen molar-refractivity contribution in [3.63, 3.8) is 0 Å². The summed E-state index contributed by atoms with van der Waals surface area (Å²) in [6.45, 7) is 4.03. The first-order chi connectivity index (χ1) is 14.6. The molecule has 164 valence electrons. The number of hydrogen-bond donors (Lipinski definition) is 1. The molecule has 0 radical (unpaired) electrons. The molecule has 1 aromatic rings. The molecule has 0 aromatic heterocycles. The highest BCUT2D eigenvalue weighted by Gasteiger charge is 2.26. The van der Waals surface area contributed by atoms with E-state index >= 15 is 0 Å². The smallest absolute Gasteiger partial charge is 0.434 e. The molecule has 1 aromatic carbocycles. The summed E-state index contributed by atoms with van der Waals surface area (Å²) in [4.78, 5) is 38.2. The SMILES string of the molecule is CCOC(=O)Oc1ccc(C(=O)N2CCC(CNC(=O)C3CCCCC3)CC2)cc1. The van der Waals surface area contributed by atoms with Gasteiger partial charge in [-0.25, -0.2) is 4.79 Å². The molecule has 0 atom stereocenters. The highest BCUT2D eigenvalue weighted by molar-refractivity contribution is 5.94. The molecule has 2 aliphatic rings. The van der Waals surface area contributed by atoms with Crippen molar-refractivity contribution >= 4 is 18.0 Å². The van der Waals surface area contributed by atoms with E-state index in [1.54, 1.807) is 31.2 Å². The lowest BCUT2D eigenvalue weighted by molar-refractivity contribution is -0.126. The molecule has 1 aliphatic heterocycles. The molecule has 2 fully saturated rings. The highest BCUT2D eigenvalue weighted by atomic mass is 16.7. The summed E-state index contributed by atoms with van der Waals surface area (Å²) in [5.41, 5.74) is 0.565. The van der Waals surface area contributed by atoms with Crippen LogP contribution in [0.15, 0.2) is 24.3 Å². The van der Waals surface area contributed by atoms with Crippen LogP contribution in [0.4, 0.5) is 4.79 Å². The lowest BCUT2D eigenvalue weighted by Gasteiger charge is -2.32. The van der Waals surface area contributed by atoms with E-state index in [2.05, 4.69) is 5.32 Å². The molecule has 1 heterocycles. The van der Waals surface area contributed by atoms with Crippen LogP contribution in [0, 0.1) is 11.8 Å². The van der Waals surface area contributed by atoms with Crippen molar-refractivity contribution in [2.24, 2.45) is 11.8 Å². The van der Waals surface area contributed by atoms with Gasteiger partial charge < -0.3 is 19.7 Å². The Hall–Kier alpha value is -2.57. The standard InChI is InChI=1S/C23H32N2O5/c1-2-29-23(28)30-20-10-8-19(9-11-20)22(27)25-14-12-17(13-15-25)16-24-21(26)18-6-4-3-5-7-18/h8-11,17-18H,2-7,12-16H2,1H3,(H,24,26). The number of rotatable bonds is 6. The zero-order valence-electron chi connectivity index (χ0n) is 17.7. The average Bonchev–Trinajstić information content (AvgIpc) is 2.78. The van der Waals surface area contributed by atoms with Crippen LogP contribution < -0.4 is 10.1 Å². The maximum atomic E-state index is 12.7. The van der Waals surface area contributed by atoms with E-state index in [1.807, 2.05) is 4.90 Å². The van der Waals surface area contributed by atoms with Gasteiger partial charge in [0.15, 0.2) is 0 Å². The van der Waals surface area contributed by atoms with E-state index in [0.717, 1.165) is 38.5 Å². The number of amides is 2. The molecule has 30 heavy (non-hydrogen) atoms. The summed E-state index contributed by atoms with van der Waals surface area (Å²) in [5.74, 6) is 1.14. The first-order valence-corrected chi connectivity index (χ1v) is 11.1. The fourth-order valence-electron chi connectivity index (χ4n) is 4.19. The molecule has 1 saturated carbocycles. The number of hydrogen-bond acceptors (Lipinski definition) is 5. The van der Waals surface area contributed by atoms with E-state index < -0.39 is 6.16 Å². The number of nitrogens with one attached hydrogen (secondary N) is 1. The summed E-state index contributed by atoms with van der Waals surface area (Å²) < 4.78 is 9.75. The van der Waals surface area contributed by atoms with Crippen molar-refractivity contribution in [2.45, 2.75) is 51.9 Å². The Morgan fingerprint density at radius 3 is 2.30 bits per heavy atom. The lowest BCUT2D eigenvalue weighted by Crippen LogP contribution is -2.42. The number of carbonyl (C=O) groups is 3. The first-order valence-electron chi connectivity index (χ1n) is 11.1. The van der Waals surface area contributed by atoms with Crippen molar-refractivity contribution < 1.29 is 23.9 Å². The number of ether oxygens (including phenoxy) is 2. The monoisotopic (exact) mass is 416 g/mol. The zero-order valence-corrected chi connectivity index (χ0v) is 17.7. The van der Waals surface area contributed by atoms with Gasteiger partial charge in [-0.2, -0.15) is 0 Å². The van der Waals surface area contributed by atoms with Gasteiger partial charge in [0.2, 0.25) is 5.91 Å². The summed E-state index contributed by atoms with van der Waals surface area (Å²) >= 11 is 0. The molecule has 2 amide bonds. The number of benzene rings is 1. The highest BCUT2D eigenvalue weighted by Crippen LogP contribution is 2.24. The number of nitrogens with zero attached hydrogens (tertiary/aromatic N) is 1. The van der Waals surface area contributed by atoms with Crippen molar-refractivity contribution in [2.75, 3.05) is 26.2 Å². The molecule has 3 rings (SSSR count). The predicted octanol–water partition coefficient (Wildman–Crippen LogP) is 3.77. The summed E-state index contributed by atoms with van der Waals surface area (Å²) in [6, 6.07) is 6.51. The van der Waals surface area contributed by atoms with Crippen LogP contribution in [-0.4, -0.2) is 49.1 Å². The third-order valence-electron chi connectivity index (χ3n) is 6.01. The van der Waals surface area contributed by atoms with E-state index in [9.17, 15) is 14.4 Å². The Morgan fingerprint density at radius 1 is 1.00 bits per heavy atom. The third kappa shape index (κ3) is 6.21. The van der Waals surface area contributed by atoms with Gasteiger partial charge in [-0.3, -0.25) is 9.59 Å². The minimum atomic E-state index is -0.755. The maximum Gasteiger partial charge on any atom is 0.513 e. The summed E-state index contributed by atoms with van der Waals surface area (Å²) in [5, 5.41) is 3.13. The number of likely N-dealkylation sites (tertiary alicyclic amines) is 1. The molecule has 7 nitrogen and oxygen atoms in total. The average molecular weight is 417 g/mol. The Kier molecular flexibility index (Phi) is 8.11. The number of piperidine rings is 1. The second-order valence-electron chi connectivity index (χ2n) is 8.13. The van der Waals surface area contributed by atoms with Gasteiger partial charge in [-0.15, -0.1) is 0 Å². The van der Waals surface area contributed by atoms with E-state index in [0.29, 0.717) is 36.9 Å². The molecular weight excluding hydrogens is 384 g/mol. The molecular formula is C23H32N2O5. The molecule has 1 saturated heterocycles. The normalized spacial score (nSPS) is 18.0. The first kappa shape index (κ1) is 22.1. The van der Waals surface area contributed by atoms with Gasteiger partial charge in [-0.05, 0) is 62.8 Å². The van der Waals surface area contributed by atoms with Crippen molar-refractivity contribution in [1.82, 2.24) is 10.2 Å². The zero-order chi connectivity index (χ0) is 21.3. The van der Waals surface area contributed by atoms with Gasteiger partial charge in [0, 0.05) is 31.1 Å². The van der Waals surface area contributed by atoms with Crippen molar-refractivity contribution in [3.8, 4) is 5.75 Å². The minimum Gasteiger partial charge on any atom is -0.434 e. The Labute approximate surface area is 178 Å². The second-order valence-corrected chi connectivity index (χ2v) is 8.13. The Morgan fingerprint density at radius 2 is 1.67 bits per heavy atom. The van der Waals surface area contributed by atoms with Gasteiger partial charge in [0.05, 0.1) is 6.61 Å². The molecule has 1 aliphatic carbocycles. The van der Waals surface area contributed by atoms with Crippen LogP contribution in [-0.2, 0) is 9.53 Å². The number of carbonyl (C=O) groups excluding carboxylic acids is 3. The van der Waals surface area contributed by atoms with Crippen molar-refractivity contribution in [3.05, 3.63) is 29.8 Å². The van der Waals surface area contributed by atoms with E-state index in [4.69, 9.17) is 9.47 Å². The maximum absolute atomic E-state index is 12.7. The summed E-state index contributed by atoms with van der Waals surface area (Å²) in [7, 11) is 0. The predicted molar refractivity (Wildman–Crippen MR) is 112 cm³/mol. The third-order valence-corrected chi connectivity index (χ3v) is 6.01. The van der Waals surface area contributed by atoms with Crippen LogP contribution >= 0.6 is 0 Å². The van der Waals surface area contributed by atoms with Crippen LogP contribution in [0.3, 0.4) is 0 Å². The largest absolute Gasteiger partial charge is 0.513 e. The Balaban J connectivity index is 1.41. The van der Waals surface area contributed by atoms with Gasteiger partial charge in [0.25, 0.3) is 5.91 Å². The van der Waals surface area contributed by atoms with Gasteiger partial charge in [0.1, 0.15) is 5.75 Å². The van der Waals surface area contributed by atoms with Crippen LogP contribution in [0.25, 0.3) is 0 Å². The topological polar surface area (TPSA) is 84.9 Å². The van der Waals surface area contributed by atoms with Gasteiger partial charge in [-0.1, -0.05) is 19.3 Å². The second kappa shape index (κ2) is 11.0. The van der Waals surface area contributed by atoms with Crippen molar-refractivity contribution in [1.29, 1.82) is 0 Å². The van der Waals surface area contributed by atoms with E-state index in [1.165, 1.54) is 6.42 Å². The Bertz CT molecular complexity index is 720. The molecule has 0 spiro atoms. The quantitative estimate of drug-likeness (QED) is 0.564. The molecule has 7 heteroatoms. The van der Waals surface area contributed by atoms with Crippen LogP contribution in [0.1, 0.15) is 62.2 Å². The molecule has 1 N–H and O–H groups in total. The lowest BCUT2D eigenvalue weighted by atomic mass is 9.88. The van der Waals surface area contributed by atoms with Crippen LogP contribution in [0.5, 0.6) is 5.75 Å². The minimum absolute atomic E-state index is 0.0256. The van der Waals surface area contributed by atoms with Gasteiger partial charge >= 0.3 is 6.16 Å². The fourth-order valence-corrected chi connectivity index (χ4v) is 4.19.